The van der Waals surface area contributed by atoms with Crippen LogP contribution in [0.3, 0.4) is 0 Å². The first-order chi connectivity index (χ1) is 9.08. The van der Waals surface area contributed by atoms with Crippen LogP contribution >= 0.6 is 15.9 Å². The molecule has 1 rings (SSSR count). The average molecular weight is 375 g/mol. The molecule has 2 N–H and O–H groups in total. The van der Waals surface area contributed by atoms with E-state index in [2.05, 4.69) is 15.9 Å². The molecule has 0 aliphatic carbocycles. The van der Waals surface area contributed by atoms with Crippen LogP contribution in [0, 0.1) is 0 Å². The molecule has 0 saturated heterocycles. The van der Waals surface area contributed by atoms with Crippen LogP contribution in [0.25, 0.3) is 0 Å². The zero-order valence-corrected chi connectivity index (χ0v) is 13.0. The summed E-state index contributed by atoms with van der Waals surface area (Å²) in [4.78, 5) is -0.0925. The summed E-state index contributed by atoms with van der Waals surface area (Å²) < 4.78 is 61.9. The Balaban J connectivity index is 3.04. The quantitative estimate of drug-likeness (QED) is 0.860. The highest BCUT2D eigenvalue weighted by molar-refractivity contribution is 9.10. The summed E-state index contributed by atoms with van der Waals surface area (Å²) in [5.74, 6) is 0. The molecule has 0 atom stereocenters. The fraction of sp³-hybridized carbons (Fsp3) is 0.455. The van der Waals surface area contributed by atoms with Crippen molar-refractivity contribution >= 4 is 26.0 Å². The van der Waals surface area contributed by atoms with Crippen LogP contribution in [0.5, 0.6) is 0 Å². The molecule has 4 nitrogen and oxygen atoms in total. The minimum atomic E-state index is -4.40. The van der Waals surface area contributed by atoms with Gasteiger partial charge in [-0.2, -0.15) is 13.2 Å². The molecular weight excluding hydrogens is 361 g/mol. The minimum Gasteiger partial charge on any atom is -0.326 e. The van der Waals surface area contributed by atoms with E-state index in [4.69, 9.17) is 5.73 Å². The number of hydrogen-bond acceptors (Lipinski definition) is 3. The van der Waals surface area contributed by atoms with Gasteiger partial charge in [-0.15, -0.1) is 0 Å². The monoisotopic (exact) mass is 374 g/mol. The molecule has 1 aromatic carbocycles. The summed E-state index contributed by atoms with van der Waals surface area (Å²) in [6.45, 7) is -0.493. The number of rotatable bonds is 5. The van der Waals surface area contributed by atoms with Gasteiger partial charge in [0.1, 0.15) is 0 Å². The van der Waals surface area contributed by atoms with Gasteiger partial charge in [0, 0.05) is 24.6 Å². The first kappa shape index (κ1) is 17.4. The van der Waals surface area contributed by atoms with Crippen LogP contribution in [-0.2, 0) is 16.6 Å². The van der Waals surface area contributed by atoms with Crippen LogP contribution in [-0.4, -0.2) is 32.5 Å². The molecule has 0 saturated carbocycles. The Labute approximate surface area is 123 Å². The predicted molar refractivity (Wildman–Crippen MR) is 72.5 cm³/mol. The zero-order chi connectivity index (χ0) is 15.6. The van der Waals surface area contributed by atoms with Gasteiger partial charge >= 0.3 is 6.18 Å². The maximum atomic E-state index is 12.2. The van der Waals surface area contributed by atoms with Crippen LogP contribution < -0.4 is 5.73 Å². The molecule has 0 amide bonds. The molecule has 114 valence electrons. The number of benzene rings is 1. The van der Waals surface area contributed by atoms with Crippen molar-refractivity contribution in [3.63, 3.8) is 0 Å². The summed E-state index contributed by atoms with van der Waals surface area (Å²) in [6.07, 6.45) is -5.60. The fourth-order valence-corrected chi connectivity index (χ4v) is 3.59. The van der Waals surface area contributed by atoms with E-state index >= 15 is 0 Å². The van der Waals surface area contributed by atoms with Crippen molar-refractivity contribution in [2.75, 3.05) is 13.6 Å². The van der Waals surface area contributed by atoms with Gasteiger partial charge in [-0.1, -0.05) is 6.07 Å². The van der Waals surface area contributed by atoms with Gasteiger partial charge in [-0.25, -0.2) is 12.7 Å². The van der Waals surface area contributed by atoms with E-state index in [-0.39, 0.29) is 15.9 Å². The van der Waals surface area contributed by atoms with Crippen molar-refractivity contribution in [1.82, 2.24) is 4.31 Å². The van der Waals surface area contributed by atoms with Crippen molar-refractivity contribution in [1.29, 1.82) is 0 Å². The third kappa shape index (κ3) is 4.44. The lowest BCUT2D eigenvalue weighted by atomic mass is 10.2. The summed E-state index contributed by atoms with van der Waals surface area (Å²) in [6, 6.07) is 4.50. The Morgan fingerprint density at radius 2 is 1.95 bits per heavy atom. The average Bonchev–Trinajstić information content (AvgIpc) is 2.35. The summed E-state index contributed by atoms with van der Waals surface area (Å²) in [7, 11) is -2.88. The second kappa shape index (κ2) is 6.42. The molecule has 0 radical (unpaired) electrons. The molecule has 1 aromatic rings. The topological polar surface area (TPSA) is 63.4 Å². The molecule has 0 bridgehead atoms. The smallest absolute Gasteiger partial charge is 0.326 e. The zero-order valence-electron chi connectivity index (χ0n) is 10.6. The van der Waals surface area contributed by atoms with E-state index in [0.29, 0.717) is 9.87 Å². The van der Waals surface area contributed by atoms with E-state index < -0.39 is 29.2 Å². The molecule has 0 spiro atoms. The molecule has 0 fully saturated rings. The Morgan fingerprint density at radius 1 is 1.35 bits per heavy atom. The van der Waals surface area contributed by atoms with Gasteiger partial charge in [0.25, 0.3) is 0 Å². The first-order valence-electron chi connectivity index (χ1n) is 5.59. The third-order valence-corrected chi connectivity index (χ3v) is 5.48. The second-order valence-electron chi connectivity index (χ2n) is 4.16. The molecule has 0 heterocycles. The molecule has 9 heteroatoms. The van der Waals surface area contributed by atoms with Gasteiger partial charge < -0.3 is 5.73 Å². The van der Waals surface area contributed by atoms with Crippen LogP contribution in [0.15, 0.2) is 27.6 Å². The normalized spacial score (nSPS) is 12.9. The highest BCUT2D eigenvalue weighted by Gasteiger charge is 2.31. The van der Waals surface area contributed by atoms with Crippen molar-refractivity contribution < 1.29 is 21.6 Å². The molecule has 0 aromatic heterocycles. The molecule has 20 heavy (non-hydrogen) atoms. The van der Waals surface area contributed by atoms with E-state index in [1.54, 1.807) is 6.07 Å². The number of alkyl halides is 3. The highest BCUT2D eigenvalue weighted by Crippen LogP contribution is 2.27. The lowest BCUT2D eigenvalue weighted by Crippen LogP contribution is -2.31. The summed E-state index contributed by atoms with van der Waals surface area (Å²) in [5, 5.41) is 0. The van der Waals surface area contributed by atoms with Crippen molar-refractivity contribution in [2.24, 2.45) is 5.73 Å². The Morgan fingerprint density at radius 3 is 2.45 bits per heavy atom. The van der Waals surface area contributed by atoms with E-state index in [1.807, 2.05) is 0 Å². The maximum absolute atomic E-state index is 12.2. The Bertz CT molecular complexity index is 576. The van der Waals surface area contributed by atoms with Crippen LogP contribution in [0.4, 0.5) is 13.2 Å². The highest BCUT2D eigenvalue weighted by atomic mass is 79.9. The SMILES string of the molecule is CN(CCC(F)(F)F)S(=O)(=O)c1cc(CN)ccc1Br. The number of halogens is 4. The van der Waals surface area contributed by atoms with Gasteiger partial charge in [0.05, 0.1) is 11.3 Å². The number of nitrogens with two attached hydrogens (primary N) is 1. The Hall–Kier alpha value is -0.640. The molecular formula is C11H14BrF3N2O2S. The van der Waals surface area contributed by atoms with E-state index in [1.165, 1.54) is 12.1 Å². The predicted octanol–water partition coefficient (Wildman–Crippen LogP) is 2.48. The summed E-state index contributed by atoms with van der Waals surface area (Å²) in [5.41, 5.74) is 6.01. The van der Waals surface area contributed by atoms with E-state index in [0.717, 1.165) is 7.05 Å². The fourth-order valence-electron chi connectivity index (χ4n) is 1.44. The first-order valence-corrected chi connectivity index (χ1v) is 7.83. The van der Waals surface area contributed by atoms with Gasteiger partial charge in [-0.05, 0) is 33.6 Å². The minimum absolute atomic E-state index is 0.0925. The summed E-state index contributed by atoms with van der Waals surface area (Å²) >= 11 is 3.09. The van der Waals surface area contributed by atoms with E-state index in [9.17, 15) is 21.6 Å². The molecule has 0 aliphatic heterocycles. The second-order valence-corrected chi connectivity index (χ2v) is 7.03. The Kier molecular flexibility index (Phi) is 5.59. The lowest BCUT2D eigenvalue weighted by Gasteiger charge is -2.19. The number of nitrogens with zero attached hydrogens (tertiary/aromatic N) is 1. The molecule has 0 unspecified atom stereocenters. The third-order valence-electron chi connectivity index (χ3n) is 2.63. The largest absolute Gasteiger partial charge is 0.390 e. The van der Waals surface area contributed by atoms with Crippen LogP contribution in [0.1, 0.15) is 12.0 Å². The van der Waals surface area contributed by atoms with Crippen molar-refractivity contribution in [3.05, 3.63) is 28.2 Å². The lowest BCUT2D eigenvalue weighted by molar-refractivity contribution is -0.135. The van der Waals surface area contributed by atoms with Crippen molar-refractivity contribution in [2.45, 2.75) is 24.0 Å². The van der Waals surface area contributed by atoms with Gasteiger partial charge in [0.2, 0.25) is 10.0 Å². The standard InChI is InChI=1S/C11H14BrF3N2O2S/c1-17(5-4-11(13,14)15)20(18,19)10-6-8(7-16)2-3-9(10)12/h2-3,6H,4-5,7,16H2,1H3. The number of sulfonamides is 1. The number of hydrogen-bond donors (Lipinski definition) is 1. The van der Waals surface area contributed by atoms with Gasteiger partial charge in [0.15, 0.2) is 0 Å². The maximum Gasteiger partial charge on any atom is 0.390 e. The van der Waals surface area contributed by atoms with Crippen LogP contribution in [0.2, 0.25) is 0 Å². The van der Waals surface area contributed by atoms with Gasteiger partial charge in [-0.3, -0.25) is 0 Å². The van der Waals surface area contributed by atoms with Crippen molar-refractivity contribution in [3.8, 4) is 0 Å². The molecule has 0 aliphatic rings.